The zero-order valence-corrected chi connectivity index (χ0v) is 19.0. The second kappa shape index (κ2) is 10.4. The van der Waals surface area contributed by atoms with E-state index < -0.39 is 23.9 Å². The van der Waals surface area contributed by atoms with Gasteiger partial charge in [-0.2, -0.15) is 0 Å². The van der Waals surface area contributed by atoms with Crippen molar-refractivity contribution in [1.82, 2.24) is 20.3 Å². The number of rotatable bonds is 8. The van der Waals surface area contributed by atoms with Crippen molar-refractivity contribution in [3.63, 3.8) is 0 Å². The first-order valence-corrected chi connectivity index (χ1v) is 10.8. The van der Waals surface area contributed by atoms with Crippen molar-refractivity contribution in [3.8, 4) is 22.4 Å². The van der Waals surface area contributed by atoms with Gasteiger partial charge in [0.15, 0.2) is 0 Å². The van der Waals surface area contributed by atoms with Gasteiger partial charge in [-0.25, -0.2) is 10.5 Å². The highest BCUT2D eigenvalue weighted by Crippen LogP contribution is 2.26. The van der Waals surface area contributed by atoms with E-state index in [0.29, 0.717) is 5.69 Å². The van der Waals surface area contributed by atoms with Gasteiger partial charge >= 0.3 is 0 Å². The Morgan fingerprint density at radius 3 is 2.18 bits per heavy atom. The zero-order chi connectivity index (χ0) is 24.0. The summed E-state index contributed by atoms with van der Waals surface area (Å²) in [6, 6.07) is 16.5. The maximum atomic E-state index is 13.0. The smallest absolute Gasteiger partial charge is 0.245 e. The molecule has 0 fully saturated rings. The van der Waals surface area contributed by atoms with Crippen molar-refractivity contribution >= 4 is 11.8 Å². The Morgan fingerprint density at radius 2 is 1.61 bits per heavy atom. The summed E-state index contributed by atoms with van der Waals surface area (Å²) in [4.78, 5) is 29.3. The molecule has 174 valence electrons. The highest BCUT2D eigenvalue weighted by molar-refractivity contribution is 5.87. The maximum Gasteiger partial charge on any atom is 0.245 e. The first-order chi connectivity index (χ1) is 15.7. The van der Waals surface area contributed by atoms with E-state index in [0.717, 1.165) is 16.7 Å². The number of imidazole rings is 1. The Kier molecular flexibility index (Phi) is 7.63. The molecular formula is C25H30N4O4. The topological polar surface area (TPSA) is 116 Å². The number of nitrogens with one attached hydrogen (secondary N) is 2. The maximum absolute atomic E-state index is 13.0. The fourth-order valence-electron chi connectivity index (χ4n) is 3.48. The van der Waals surface area contributed by atoms with E-state index in [4.69, 9.17) is 5.21 Å². The van der Waals surface area contributed by atoms with Crippen molar-refractivity contribution in [2.24, 2.45) is 5.41 Å². The van der Waals surface area contributed by atoms with Crippen LogP contribution in [0.4, 0.5) is 0 Å². The third-order valence-electron chi connectivity index (χ3n) is 5.60. The largest absolute Gasteiger partial charge is 0.394 e. The normalized spacial score (nSPS) is 13.2. The van der Waals surface area contributed by atoms with Gasteiger partial charge in [-0.3, -0.25) is 14.8 Å². The van der Waals surface area contributed by atoms with Crippen LogP contribution in [0.5, 0.6) is 0 Å². The average molecular weight is 451 g/mol. The first kappa shape index (κ1) is 24.2. The number of carbonyl (C=O) groups is 2. The molecule has 2 atom stereocenters. The van der Waals surface area contributed by atoms with E-state index in [9.17, 15) is 14.7 Å². The quantitative estimate of drug-likeness (QED) is 0.311. The third-order valence-corrected chi connectivity index (χ3v) is 5.60. The SMILES string of the molecule is CC(C)(C)C(CO)NC(=O)C(CC(=O)NO)n1cnc(-c2ccc(-c3ccccc3)cc2)c1. The number of hydrogen-bond donors (Lipinski definition) is 4. The summed E-state index contributed by atoms with van der Waals surface area (Å²) >= 11 is 0. The van der Waals surface area contributed by atoms with Gasteiger partial charge in [0.05, 0.1) is 31.1 Å². The molecular weight excluding hydrogens is 420 g/mol. The lowest BCUT2D eigenvalue weighted by molar-refractivity contribution is -0.135. The van der Waals surface area contributed by atoms with E-state index in [1.807, 2.05) is 75.4 Å². The Bertz CT molecular complexity index is 1070. The van der Waals surface area contributed by atoms with Gasteiger partial charge in [0.25, 0.3) is 0 Å². The monoisotopic (exact) mass is 450 g/mol. The molecule has 2 amide bonds. The fourth-order valence-corrected chi connectivity index (χ4v) is 3.48. The summed E-state index contributed by atoms with van der Waals surface area (Å²) in [7, 11) is 0. The number of nitrogens with zero attached hydrogens (tertiary/aromatic N) is 2. The molecule has 3 rings (SSSR count). The van der Waals surface area contributed by atoms with Crippen molar-refractivity contribution < 1.29 is 19.9 Å². The number of aromatic nitrogens is 2. The number of benzene rings is 2. The van der Waals surface area contributed by atoms with Gasteiger partial charge in [-0.15, -0.1) is 0 Å². The summed E-state index contributed by atoms with van der Waals surface area (Å²) < 4.78 is 1.54. The Balaban J connectivity index is 1.84. The van der Waals surface area contributed by atoms with Crippen LogP contribution >= 0.6 is 0 Å². The Morgan fingerprint density at radius 1 is 1.00 bits per heavy atom. The second-order valence-corrected chi connectivity index (χ2v) is 9.01. The van der Waals surface area contributed by atoms with Crippen LogP contribution in [0.2, 0.25) is 0 Å². The van der Waals surface area contributed by atoms with Crippen LogP contribution in [-0.4, -0.2) is 44.3 Å². The Hall–Kier alpha value is -3.49. The summed E-state index contributed by atoms with van der Waals surface area (Å²) in [5, 5.41) is 21.5. The highest BCUT2D eigenvalue weighted by atomic mass is 16.5. The van der Waals surface area contributed by atoms with Crippen LogP contribution in [0.25, 0.3) is 22.4 Å². The van der Waals surface area contributed by atoms with E-state index in [-0.39, 0.29) is 18.4 Å². The van der Waals surface area contributed by atoms with Crippen LogP contribution in [0.3, 0.4) is 0 Å². The number of amides is 2. The van der Waals surface area contributed by atoms with Crippen molar-refractivity contribution in [2.45, 2.75) is 39.3 Å². The van der Waals surface area contributed by atoms with E-state index >= 15 is 0 Å². The molecule has 0 aliphatic rings. The molecule has 8 heteroatoms. The first-order valence-electron chi connectivity index (χ1n) is 10.8. The molecule has 0 aliphatic heterocycles. The van der Waals surface area contributed by atoms with Gasteiger partial charge in [-0.05, 0) is 16.5 Å². The molecule has 1 aromatic heterocycles. The lowest BCUT2D eigenvalue weighted by Crippen LogP contribution is -2.49. The molecule has 0 saturated carbocycles. The number of hydroxylamine groups is 1. The van der Waals surface area contributed by atoms with E-state index in [1.54, 1.807) is 16.2 Å². The number of hydrogen-bond acceptors (Lipinski definition) is 5. The van der Waals surface area contributed by atoms with Gasteiger partial charge < -0.3 is 15.0 Å². The minimum Gasteiger partial charge on any atom is -0.394 e. The van der Waals surface area contributed by atoms with Crippen LogP contribution in [0, 0.1) is 5.41 Å². The van der Waals surface area contributed by atoms with Gasteiger partial charge in [0.1, 0.15) is 6.04 Å². The molecule has 2 unspecified atom stereocenters. The lowest BCUT2D eigenvalue weighted by atomic mass is 9.87. The number of carbonyl (C=O) groups excluding carboxylic acids is 2. The van der Waals surface area contributed by atoms with Crippen molar-refractivity contribution in [2.75, 3.05) is 6.61 Å². The van der Waals surface area contributed by atoms with Crippen molar-refractivity contribution in [1.29, 1.82) is 0 Å². The van der Waals surface area contributed by atoms with Crippen LogP contribution in [0.15, 0.2) is 67.1 Å². The minimum absolute atomic E-state index is 0.239. The zero-order valence-electron chi connectivity index (χ0n) is 19.0. The van der Waals surface area contributed by atoms with Crippen molar-refractivity contribution in [3.05, 3.63) is 67.1 Å². The Labute approximate surface area is 193 Å². The standard InChI is InChI=1S/C25H30N4O4/c1-25(2,3)22(15-30)27-24(32)21(13-23(31)28-33)29-14-20(26-16-29)19-11-9-18(10-12-19)17-7-5-4-6-8-17/h4-12,14,16,21-22,30,33H,13,15H2,1-3H3,(H,27,32)(H,28,31). The van der Waals surface area contributed by atoms with E-state index in [2.05, 4.69) is 10.3 Å². The fraction of sp³-hybridized carbons (Fsp3) is 0.320. The minimum atomic E-state index is -0.946. The van der Waals surface area contributed by atoms with Crippen LogP contribution < -0.4 is 10.8 Å². The number of aliphatic hydroxyl groups excluding tert-OH is 1. The number of aliphatic hydroxyl groups is 1. The van der Waals surface area contributed by atoms with Crippen LogP contribution in [0.1, 0.15) is 33.2 Å². The summed E-state index contributed by atoms with van der Waals surface area (Å²) in [5.41, 5.74) is 4.89. The molecule has 0 aliphatic carbocycles. The van der Waals surface area contributed by atoms with Gasteiger partial charge in [-0.1, -0.05) is 75.4 Å². The molecule has 0 radical (unpaired) electrons. The summed E-state index contributed by atoms with van der Waals surface area (Å²) in [6.45, 7) is 5.46. The average Bonchev–Trinajstić information content (AvgIpc) is 3.30. The molecule has 33 heavy (non-hydrogen) atoms. The predicted molar refractivity (Wildman–Crippen MR) is 125 cm³/mol. The van der Waals surface area contributed by atoms with E-state index in [1.165, 1.54) is 6.33 Å². The molecule has 2 aromatic carbocycles. The summed E-state index contributed by atoms with van der Waals surface area (Å²) in [5.74, 6) is -1.15. The third kappa shape index (κ3) is 6.06. The molecule has 0 saturated heterocycles. The molecule has 1 heterocycles. The molecule has 0 spiro atoms. The van der Waals surface area contributed by atoms with Gasteiger partial charge in [0.2, 0.25) is 11.8 Å². The highest BCUT2D eigenvalue weighted by Gasteiger charge is 2.30. The molecule has 8 nitrogen and oxygen atoms in total. The molecule has 3 aromatic rings. The summed E-state index contributed by atoms with van der Waals surface area (Å²) in [6.07, 6.45) is 2.89. The second-order valence-electron chi connectivity index (χ2n) is 9.01. The van der Waals surface area contributed by atoms with Crippen LogP contribution in [-0.2, 0) is 9.59 Å². The predicted octanol–water partition coefficient (Wildman–Crippen LogP) is 3.18. The van der Waals surface area contributed by atoms with Gasteiger partial charge in [0, 0.05) is 11.8 Å². The molecule has 4 N–H and O–H groups in total. The molecule has 0 bridgehead atoms. The lowest BCUT2D eigenvalue weighted by Gasteiger charge is -2.31.